The fraction of sp³-hybridized carbons (Fsp3) is 0.500. The van der Waals surface area contributed by atoms with Gasteiger partial charge in [-0.3, -0.25) is 4.98 Å². The molecule has 1 aromatic rings. The molecule has 70 valence electrons. The fourth-order valence-corrected chi connectivity index (χ4v) is 1.73. The average Bonchev–Trinajstić information content (AvgIpc) is 2.54. The molecule has 1 aliphatic rings. The van der Waals surface area contributed by atoms with Crippen molar-refractivity contribution in [2.75, 3.05) is 13.1 Å². The highest BCUT2D eigenvalue weighted by Crippen LogP contribution is 2.24. The maximum Gasteiger partial charge on any atom is 0.128 e. The lowest BCUT2D eigenvalue weighted by Gasteiger charge is -2.17. The van der Waals surface area contributed by atoms with Gasteiger partial charge in [-0.05, 0) is 30.7 Å². The summed E-state index contributed by atoms with van der Waals surface area (Å²) in [4.78, 5) is 3.90. The van der Waals surface area contributed by atoms with E-state index in [1.54, 1.807) is 12.4 Å². The van der Waals surface area contributed by atoms with Crippen molar-refractivity contribution in [1.29, 1.82) is 0 Å². The zero-order valence-corrected chi connectivity index (χ0v) is 7.46. The van der Waals surface area contributed by atoms with Gasteiger partial charge in [-0.25, -0.2) is 4.39 Å². The Balaban J connectivity index is 2.05. The molecule has 1 aromatic heterocycles. The number of nitrogens with one attached hydrogen (secondary N) is 1. The zero-order valence-electron chi connectivity index (χ0n) is 7.46. The van der Waals surface area contributed by atoms with Crippen LogP contribution in [0.5, 0.6) is 0 Å². The summed E-state index contributed by atoms with van der Waals surface area (Å²) in [5.41, 5.74) is -0.0114. The molecule has 1 unspecified atom stereocenters. The van der Waals surface area contributed by atoms with E-state index in [1.807, 2.05) is 12.1 Å². The molecule has 0 bridgehead atoms. The minimum absolute atomic E-state index is 0.481. The van der Waals surface area contributed by atoms with Crippen molar-refractivity contribution in [3.8, 4) is 0 Å². The van der Waals surface area contributed by atoms with Gasteiger partial charge < -0.3 is 5.32 Å². The monoisotopic (exact) mass is 180 g/mol. The maximum atomic E-state index is 13.9. The quantitative estimate of drug-likeness (QED) is 0.742. The molecule has 0 aromatic carbocycles. The third-order valence-electron chi connectivity index (χ3n) is 2.46. The lowest BCUT2D eigenvalue weighted by atomic mass is 9.96. The highest BCUT2D eigenvalue weighted by Gasteiger charge is 2.33. The van der Waals surface area contributed by atoms with E-state index in [2.05, 4.69) is 10.3 Å². The van der Waals surface area contributed by atoms with Gasteiger partial charge in [0.1, 0.15) is 5.67 Å². The molecule has 2 nitrogen and oxygen atoms in total. The fourth-order valence-electron chi connectivity index (χ4n) is 1.73. The molecule has 2 heterocycles. The first-order chi connectivity index (χ1) is 6.29. The van der Waals surface area contributed by atoms with Crippen LogP contribution in [0, 0.1) is 0 Å². The van der Waals surface area contributed by atoms with Gasteiger partial charge in [-0.1, -0.05) is 0 Å². The number of alkyl halides is 1. The predicted octanol–water partition coefficient (Wildman–Crippen LogP) is 1.33. The largest absolute Gasteiger partial charge is 0.313 e. The average molecular weight is 180 g/mol. The number of nitrogens with zero attached hydrogens (tertiary/aromatic N) is 1. The molecule has 13 heavy (non-hydrogen) atoms. The van der Waals surface area contributed by atoms with Crippen LogP contribution >= 0.6 is 0 Å². The summed E-state index contributed by atoms with van der Waals surface area (Å²) < 4.78 is 13.9. The summed E-state index contributed by atoms with van der Waals surface area (Å²) in [5.74, 6) is 0. The number of halogens is 1. The lowest BCUT2D eigenvalue weighted by molar-refractivity contribution is 0.190. The molecule has 1 atom stereocenters. The highest BCUT2D eigenvalue weighted by atomic mass is 19.1. The molecule has 0 radical (unpaired) electrons. The predicted molar refractivity (Wildman–Crippen MR) is 49.3 cm³/mol. The van der Waals surface area contributed by atoms with Crippen LogP contribution in [0.1, 0.15) is 12.0 Å². The molecular weight excluding hydrogens is 167 g/mol. The van der Waals surface area contributed by atoms with Crippen LogP contribution in [0.2, 0.25) is 0 Å². The molecule has 0 amide bonds. The molecule has 0 saturated carbocycles. The first-order valence-corrected chi connectivity index (χ1v) is 4.57. The molecule has 0 aliphatic carbocycles. The van der Waals surface area contributed by atoms with E-state index >= 15 is 0 Å². The zero-order chi connectivity index (χ0) is 9.15. The Labute approximate surface area is 77.2 Å². The van der Waals surface area contributed by atoms with E-state index in [9.17, 15) is 4.39 Å². The third-order valence-corrected chi connectivity index (χ3v) is 2.46. The van der Waals surface area contributed by atoms with Crippen molar-refractivity contribution in [2.45, 2.75) is 18.5 Å². The van der Waals surface area contributed by atoms with Crippen LogP contribution in [0.4, 0.5) is 4.39 Å². The standard InChI is InChI=1S/C10H13FN2/c11-10(3-6-13-8-10)7-9-1-4-12-5-2-9/h1-2,4-5,13H,3,6-8H2. The van der Waals surface area contributed by atoms with Gasteiger partial charge in [0.15, 0.2) is 0 Å². The maximum absolute atomic E-state index is 13.9. The van der Waals surface area contributed by atoms with Gasteiger partial charge >= 0.3 is 0 Å². The first kappa shape index (κ1) is 8.63. The van der Waals surface area contributed by atoms with Gasteiger partial charge in [0.25, 0.3) is 0 Å². The van der Waals surface area contributed by atoms with Crippen molar-refractivity contribution in [2.24, 2.45) is 0 Å². The Morgan fingerprint density at radius 2 is 2.23 bits per heavy atom. The number of hydrogen-bond donors (Lipinski definition) is 1. The van der Waals surface area contributed by atoms with E-state index in [0.717, 1.165) is 12.1 Å². The van der Waals surface area contributed by atoms with E-state index < -0.39 is 5.67 Å². The van der Waals surface area contributed by atoms with Crippen LogP contribution in [0.25, 0.3) is 0 Å². The van der Waals surface area contributed by atoms with Gasteiger partial charge in [0.2, 0.25) is 0 Å². The van der Waals surface area contributed by atoms with Gasteiger partial charge in [0.05, 0.1) is 0 Å². The molecule has 0 spiro atoms. The van der Waals surface area contributed by atoms with Gasteiger partial charge in [-0.15, -0.1) is 0 Å². The lowest BCUT2D eigenvalue weighted by Crippen LogP contribution is -2.28. The minimum atomic E-state index is -1.04. The number of aromatic nitrogens is 1. The molecular formula is C10H13FN2. The molecule has 3 heteroatoms. The van der Waals surface area contributed by atoms with Crippen molar-refractivity contribution >= 4 is 0 Å². The second-order valence-electron chi connectivity index (χ2n) is 3.61. The highest BCUT2D eigenvalue weighted by molar-refractivity contribution is 5.14. The number of hydrogen-bond acceptors (Lipinski definition) is 2. The van der Waals surface area contributed by atoms with E-state index in [-0.39, 0.29) is 0 Å². The third kappa shape index (κ3) is 2.04. The molecule has 2 rings (SSSR count). The van der Waals surface area contributed by atoms with E-state index in [4.69, 9.17) is 0 Å². The topological polar surface area (TPSA) is 24.9 Å². The molecule has 1 saturated heterocycles. The molecule has 1 fully saturated rings. The summed E-state index contributed by atoms with van der Waals surface area (Å²) in [5, 5.41) is 3.04. The summed E-state index contributed by atoms with van der Waals surface area (Å²) in [6.07, 6.45) is 4.54. The molecule has 1 aliphatic heterocycles. The van der Waals surface area contributed by atoms with E-state index in [1.165, 1.54) is 0 Å². The Morgan fingerprint density at radius 3 is 2.85 bits per heavy atom. The van der Waals surface area contributed by atoms with E-state index in [0.29, 0.717) is 19.4 Å². The summed E-state index contributed by atoms with van der Waals surface area (Å²) >= 11 is 0. The van der Waals surface area contributed by atoms with Gasteiger partial charge in [0, 0.05) is 25.4 Å². The van der Waals surface area contributed by atoms with Crippen LogP contribution in [0.15, 0.2) is 24.5 Å². The Hall–Kier alpha value is -0.960. The van der Waals surface area contributed by atoms with Gasteiger partial charge in [-0.2, -0.15) is 0 Å². The second kappa shape index (κ2) is 3.42. The van der Waals surface area contributed by atoms with Crippen LogP contribution in [-0.4, -0.2) is 23.7 Å². The Morgan fingerprint density at radius 1 is 1.46 bits per heavy atom. The summed E-state index contributed by atoms with van der Waals surface area (Å²) in [6, 6.07) is 3.75. The smallest absolute Gasteiger partial charge is 0.128 e. The summed E-state index contributed by atoms with van der Waals surface area (Å²) in [6.45, 7) is 1.27. The van der Waals surface area contributed by atoms with Crippen LogP contribution in [0.3, 0.4) is 0 Å². The number of pyridine rings is 1. The second-order valence-corrected chi connectivity index (χ2v) is 3.61. The van der Waals surface area contributed by atoms with Crippen LogP contribution in [-0.2, 0) is 6.42 Å². The Kier molecular flexibility index (Phi) is 2.27. The van der Waals surface area contributed by atoms with Crippen molar-refractivity contribution in [3.05, 3.63) is 30.1 Å². The van der Waals surface area contributed by atoms with Crippen LogP contribution < -0.4 is 5.32 Å². The SMILES string of the molecule is FC1(Cc2ccncc2)CCNC1. The Bertz CT molecular complexity index is 268. The van der Waals surface area contributed by atoms with Crippen molar-refractivity contribution in [1.82, 2.24) is 10.3 Å². The summed E-state index contributed by atoms with van der Waals surface area (Å²) in [7, 11) is 0. The normalized spacial score (nSPS) is 27.8. The first-order valence-electron chi connectivity index (χ1n) is 4.57. The van der Waals surface area contributed by atoms with Crippen molar-refractivity contribution < 1.29 is 4.39 Å². The van der Waals surface area contributed by atoms with Crippen molar-refractivity contribution in [3.63, 3.8) is 0 Å². The minimum Gasteiger partial charge on any atom is -0.313 e. The number of rotatable bonds is 2. The molecule has 1 N–H and O–H groups in total.